The standard InChI is InChI=1S/C16H22O3/c1-10(15(18)19-4)12-5-7-16(3)8-6-14(17)11(2)13(16)9-12/h6,8,10,12H,5,7,9H2,1-4H3/t10-,12+,16-/m0/s1. The van der Waals surface area contributed by atoms with Gasteiger partial charge in [-0.25, -0.2) is 0 Å². The first kappa shape index (κ1) is 14.0. The molecule has 2 aliphatic carbocycles. The third-order valence-electron chi connectivity index (χ3n) is 4.90. The van der Waals surface area contributed by atoms with E-state index in [4.69, 9.17) is 4.74 Å². The Kier molecular flexibility index (Phi) is 3.66. The van der Waals surface area contributed by atoms with Crippen molar-refractivity contribution in [2.24, 2.45) is 17.3 Å². The molecular weight excluding hydrogens is 240 g/mol. The molecule has 3 heteroatoms. The van der Waals surface area contributed by atoms with E-state index in [9.17, 15) is 9.59 Å². The topological polar surface area (TPSA) is 43.4 Å². The van der Waals surface area contributed by atoms with Crippen molar-refractivity contribution in [3.8, 4) is 0 Å². The van der Waals surface area contributed by atoms with Gasteiger partial charge >= 0.3 is 5.97 Å². The second kappa shape index (κ2) is 4.95. The van der Waals surface area contributed by atoms with Crippen molar-refractivity contribution in [3.63, 3.8) is 0 Å². The number of carbonyl (C=O) groups excluding carboxylic acids is 2. The van der Waals surface area contributed by atoms with Crippen LogP contribution in [0.5, 0.6) is 0 Å². The van der Waals surface area contributed by atoms with E-state index in [1.165, 1.54) is 12.7 Å². The van der Waals surface area contributed by atoms with Gasteiger partial charge in [0.25, 0.3) is 0 Å². The van der Waals surface area contributed by atoms with Crippen LogP contribution in [0.1, 0.15) is 40.0 Å². The molecule has 0 aliphatic heterocycles. The van der Waals surface area contributed by atoms with Crippen LogP contribution >= 0.6 is 0 Å². The molecule has 2 rings (SSSR count). The van der Waals surface area contributed by atoms with Crippen molar-refractivity contribution in [2.75, 3.05) is 7.11 Å². The summed E-state index contributed by atoms with van der Waals surface area (Å²) in [6, 6.07) is 0. The van der Waals surface area contributed by atoms with Crippen LogP contribution in [0.25, 0.3) is 0 Å². The van der Waals surface area contributed by atoms with Gasteiger partial charge in [0.15, 0.2) is 5.78 Å². The Hall–Kier alpha value is -1.38. The molecule has 0 N–H and O–H groups in total. The number of ketones is 1. The first-order valence-electron chi connectivity index (χ1n) is 6.90. The van der Waals surface area contributed by atoms with Crippen LogP contribution in [0.15, 0.2) is 23.3 Å². The minimum atomic E-state index is -0.149. The maximum absolute atomic E-state index is 11.8. The fraction of sp³-hybridized carbons (Fsp3) is 0.625. The van der Waals surface area contributed by atoms with Gasteiger partial charge in [0, 0.05) is 5.41 Å². The highest BCUT2D eigenvalue weighted by atomic mass is 16.5. The highest BCUT2D eigenvalue weighted by Gasteiger charge is 2.40. The number of rotatable bonds is 2. The molecule has 0 aromatic heterocycles. The molecule has 0 aromatic carbocycles. The highest BCUT2D eigenvalue weighted by molar-refractivity contribution is 6.05. The normalized spacial score (nSPS) is 32.0. The summed E-state index contributed by atoms with van der Waals surface area (Å²) in [5, 5.41) is 0. The zero-order valence-corrected chi connectivity index (χ0v) is 12.2. The molecule has 0 amide bonds. The average molecular weight is 262 g/mol. The monoisotopic (exact) mass is 262 g/mol. The summed E-state index contributed by atoms with van der Waals surface area (Å²) in [6.45, 7) is 6.02. The van der Waals surface area contributed by atoms with E-state index in [1.54, 1.807) is 6.08 Å². The SMILES string of the molecule is COC(=O)[C@@H](C)[C@@H]1CC[C@@]2(C)C=CC(=O)C(C)=C2C1. The molecule has 3 atom stereocenters. The van der Waals surface area contributed by atoms with Crippen molar-refractivity contribution < 1.29 is 14.3 Å². The number of carbonyl (C=O) groups is 2. The van der Waals surface area contributed by atoms with E-state index < -0.39 is 0 Å². The minimum Gasteiger partial charge on any atom is -0.469 e. The van der Waals surface area contributed by atoms with E-state index in [0.717, 1.165) is 24.8 Å². The van der Waals surface area contributed by atoms with Gasteiger partial charge in [-0.05, 0) is 43.8 Å². The smallest absolute Gasteiger partial charge is 0.308 e. The molecule has 104 valence electrons. The quantitative estimate of drug-likeness (QED) is 0.718. The Morgan fingerprint density at radius 1 is 1.53 bits per heavy atom. The molecule has 0 unspecified atom stereocenters. The molecule has 0 aromatic rings. The van der Waals surface area contributed by atoms with Gasteiger partial charge in [-0.2, -0.15) is 0 Å². The molecule has 0 spiro atoms. The number of esters is 1. The fourth-order valence-electron chi connectivity index (χ4n) is 3.34. The fourth-order valence-corrected chi connectivity index (χ4v) is 3.34. The Morgan fingerprint density at radius 2 is 2.21 bits per heavy atom. The van der Waals surface area contributed by atoms with Crippen LogP contribution in [0, 0.1) is 17.3 Å². The van der Waals surface area contributed by atoms with Gasteiger partial charge in [-0.3, -0.25) is 9.59 Å². The highest BCUT2D eigenvalue weighted by Crippen LogP contribution is 2.49. The lowest BCUT2D eigenvalue weighted by Gasteiger charge is -2.42. The van der Waals surface area contributed by atoms with Crippen molar-refractivity contribution in [2.45, 2.75) is 40.0 Å². The number of allylic oxidation sites excluding steroid dienone is 4. The lowest BCUT2D eigenvalue weighted by atomic mass is 9.62. The number of hydrogen-bond acceptors (Lipinski definition) is 3. The maximum atomic E-state index is 11.8. The first-order chi connectivity index (χ1) is 8.89. The van der Waals surface area contributed by atoms with Crippen molar-refractivity contribution in [1.82, 2.24) is 0 Å². The largest absolute Gasteiger partial charge is 0.469 e. The molecule has 0 radical (unpaired) electrons. The van der Waals surface area contributed by atoms with E-state index in [1.807, 2.05) is 19.9 Å². The second-order valence-corrected chi connectivity index (χ2v) is 6.03. The number of fused-ring (bicyclic) bond motifs is 1. The van der Waals surface area contributed by atoms with Crippen LogP contribution in [0.2, 0.25) is 0 Å². The van der Waals surface area contributed by atoms with E-state index >= 15 is 0 Å². The molecule has 0 heterocycles. The number of hydrogen-bond donors (Lipinski definition) is 0. The van der Waals surface area contributed by atoms with Gasteiger partial charge < -0.3 is 4.74 Å². The second-order valence-electron chi connectivity index (χ2n) is 6.03. The van der Waals surface area contributed by atoms with Crippen LogP contribution < -0.4 is 0 Å². The van der Waals surface area contributed by atoms with E-state index in [-0.39, 0.29) is 29.0 Å². The maximum Gasteiger partial charge on any atom is 0.308 e. The molecule has 0 saturated heterocycles. The Labute approximate surface area is 114 Å². The van der Waals surface area contributed by atoms with Gasteiger partial charge in [-0.1, -0.05) is 25.5 Å². The predicted octanol–water partition coefficient (Wildman–Crippen LogP) is 3.06. The van der Waals surface area contributed by atoms with Gasteiger partial charge in [-0.15, -0.1) is 0 Å². The molecule has 1 saturated carbocycles. The third kappa shape index (κ3) is 2.38. The van der Waals surface area contributed by atoms with E-state index in [2.05, 4.69) is 6.92 Å². The summed E-state index contributed by atoms with van der Waals surface area (Å²) in [5.41, 5.74) is 2.09. The molecule has 3 nitrogen and oxygen atoms in total. The van der Waals surface area contributed by atoms with Gasteiger partial charge in [0.05, 0.1) is 13.0 Å². The summed E-state index contributed by atoms with van der Waals surface area (Å²) < 4.78 is 4.84. The Bertz CT molecular complexity index is 472. The van der Waals surface area contributed by atoms with Crippen LogP contribution in [0.4, 0.5) is 0 Å². The van der Waals surface area contributed by atoms with E-state index in [0.29, 0.717) is 0 Å². The van der Waals surface area contributed by atoms with Crippen LogP contribution in [0.3, 0.4) is 0 Å². The average Bonchev–Trinajstić information content (AvgIpc) is 2.41. The molecule has 19 heavy (non-hydrogen) atoms. The Morgan fingerprint density at radius 3 is 2.84 bits per heavy atom. The molecule has 1 fully saturated rings. The number of methoxy groups -OCH3 is 1. The van der Waals surface area contributed by atoms with Crippen LogP contribution in [-0.4, -0.2) is 18.9 Å². The molecule has 0 bridgehead atoms. The zero-order chi connectivity index (χ0) is 14.2. The third-order valence-corrected chi connectivity index (χ3v) is 4.90. The van der Waals surface area contributed by atoms with Crippen LogP contribution in [-0.2, 0) is 14.3 Å². The summed E-state index contributed by atoms with van der Waals surface area (Å²) >= 11 is 0. The lowest BCUT2D eigenvalue weighted by molar-refractivity contribution is -0.147. The van der Waals surface area contributed by atoms with Crippen molar-refractivity contribution in [1.29, 1.82) is 0 Å². The molecular formula is C16H22O3. The summed E-state index contributed by atoms with van der Waals surface area (Å²) in [4.78, 5) is 23.5. The minimum absolute atomic E-state index is 0.00430. The number of ether oxygens (including phenoxy) is 1. The Balaban J connectivity index is 2.24. The van der Waals surface area contributed by atoms with Gasteiger partial charge in [0.2, 0.25) is 0 Å². The summed E-state index contributed by atoms with van der Waals surface area (Å²) in [6.07, 6.45) is 6.56. The lowest BCUT2D eigenvalue weighted by Crippen LogP contribution is -2.34. The van der Waals surface area contributed by atoms with Crippen molar-refractivity contribution >= 4 is 11.8 Å². The summed E-state index contributed by atoms with van der Waals surface area (Å²) in [5.74, 6) is 0.143. The van der Waals surface area contributed by atoms with Crippen molar-refractivity contribution in [3.05, 3.63) is 23.3 Å². The predicted molar refractivity (Wildman–Crippen MR) is 73.5 cm³/mol. The van der Waals surface area contributed by atoms with Gasteiger partial charge in [0.1, 0.15) is 0 Å². The molecule has 2 aliphatic rings. The zero-order valence-electron chi connectivity index (χ0n) is 12.2. The first-order valence-corrected chi connectivity index (χ1v) is 6.90. The summed E-state index contributed by atoms with van der Waals surface area (Å²) in [7, 11) is 1.43.